The van der Waals surface area contributed by atoms with Gasteiger partial charge in [-0.1, -0.05) is 13.8 Å². The van der Waals surface area contributed by atoms with Crippen molar-refractivity contribution in [2.75, 3.05) is 6.61 Å². The van der Waals surface area contributed by atoms with Crippen LogP contribution in [-0.2, 0) is 14.3 Å². The normalized spacial score (nSPS) is 12.7. The van der Waals surface area contributed by atoms with Gasteiger partial charge in [-0.25, -0.2) is 4.79 Å². The van der Waals surface area contributed by atoms with Crippen LogP contribution in [0.2, 0.25) is 0 Å². The molecule has 0 amide bonds. The molecule has 0 aromatic heterocycles. The second-order valence-electron chi connectivity index (χ2n) is 3.09. The maximum absolute atomic E-state index is 11.1. The monoisotopic (exact) mass is 188 g/mol. The number of ketones is 1. The number of hydrogen-bond donors (Lipinski definition) is 1. The molecule has 0 aliphatic carbocycles. The van der Waals surface area contributed by atoms with E-state index >= 15 is 0 Å². The number of ether oxygens (including phenoxy) is 1. The van der Waals surface area contributed by atoms with E-state index in [0.717, 1.165) is 0 Å². The molecule has 0 bridgehead atoms. The fourth-order valence-electron chi connectivity index (χ4n) is 0.748. The number of Topliss-reactive ketones (excluding diaryl/α,β-unsaturated/α-hetero) is 1. The summed E-state index contributed by atoms with van der Waals surface area (Å²) in [5, 5.41) is 9.17. The van der Waals surface area contributed by atoms with Gasteiger partial charge in [0.05, 0.1) is 6.61 Å². The van der Waals surface area contributed by atoms with Gasteiger partial charge in [0.25, 0.3) is 0 Å². The van der Waals surface area contributed by atoms with Crippen LogP contribution in [0.3, 0.4) is 0 Å². The summed E-state index contributed by atoms with van der Waals surface area (Å²) in [6.45, 7) is 5.31. The molecule has 4 heteroatoms. The highest BCUT2D eigenvalue weighted by Gasteiger charge is 2.21. The lowest BCUT2D eigenvalue weighted by molar-refractivity contribution is -0.155. The Balaban J connectivity index is 3.92. The van der Waals surface area contributed by atoms with Crippen molar-refractivity contribution in [3.8, 4) is 0 Å². The summed E-state index contributed by atoms with van der Waals surface area (Å²) in [4.78, 5) is 22.0. The van der Waals surface area contributed by atoms with Crippen molar-refractivity contribution < 1.29 is 19.4 Å². The Hall–Kier alpha value is -0.900. The summed E-state index contributed by atoms with van der Waals surface area (Å²) in [5.74, 6) is -1.03. The third-order valence-electron chi connectivity index (χ3n) is 1.60. The number of carbonyl (C=O) groups excluding carboxylic acids is 2. The van der Waals surface area contributed by atoms with Crippen molar-refractivity contribution in [3.05, 3.63) is 0 Å². The van der Waals surface area contributed by atoms with Crippen molar-refractivity contribution in [2.24, 2.45) is 5.92 Å². The van der Waals surface area contributed by atoms with Gasteiger partial charge in [0.15, 0.2) is 6.10 Å². The Morgan fingerprint density at radius 3 is 2.31 bits per heavy atom. The minimum absolute atomic E-state index is 0.138. The summed E-state index contributed by atoms with van der Waals surface area (Å²) in [7, 11) is 0. The van der Waals surface area contributed by atoms with Crippen LogP contribution in [0.1, 0.15) is 27.2 Å². The van der Waals surface area contributed by atoms with Crippen LogP contribution in [0, 0.1) is 5.92 Å². The first kappa shape index (κ1) is 12.1. The molecule has 0 aliphatic heterocycles. The fourth-order valence-corrected chi connectivity index (χ4v) is 0.748. The van der Waals surface area contributed by atoms with Gasteiger partial charge in [-0.2, -0.15) is 0 Å². The van der Waals surface area contributed by atoms with Crippen LogP contribution in [-0.4, -0.2) is 29.6 Å². The van der Waals surface area contributed by atoms with E-state index in [1.165, 1.54) is 0 Å². The molecule has 1 atom stereocenters. The highest BCUT2D eigenvalue weighted by Crippen LogP contribution is 2.03. The smallest absolute Gasteiger partial charge is 0.335 e. The number of aliphatic hydroxyl groups is 1. The van der Waals surface area contributed by atoms with E-state index in [-0.39, 0.29) is 24.7 Å². The molecular formula is C9H16O4. The standard InChI is InChI=1S/C9H16O4/c1-4-13-9(12)8(11)5-7(10)6(2)3/h6,8,11H,4-5H2,1-3H3. The zero-order valence-electron chi connectivity index (χ0n) is 8.24. The molecule has 4 nitrogen and oxygen atoms in total. The quantitative estimate of drug-likeness (QED) is 0.639. The maximum Gasteiger partial charge on any atom is 0.335 e. The summed E-state index contributed by atoms with van der Waals surface area (Å²) >= 11 is 0. The molecule has 0 aliphatic rings. The summed E-state index contributed by atoms with van der Waals surface area (Å²) < 4.78 is 4.54. The molecule has 0 aromatic rings. The Labute approximate surface area is 77.9 Å². The van der Waals surface area contributed by atoms with E-state index in [9.17, 15) is 14.7 Å². The van der Waals surface area contributed by atoms with Crippen LogP contribution < -0.4 is 0 Å². The minimum Gasteiger partial charge on any atom is -0.464 e. The first-order valence-corrected chi connectivity index (χ1v) is 4.36. The fraction of sp³-hybridized carbons (Fsp3) is 0.778. The molecule has 1 N–H and O–H groups in total. The topological polar surface area (TPSA) is 63.6 Å². The zero-order chi connectivity index (χ0) is 10.4. The lowest BCUT2D eigenvalue weighted by atomic mass is 10.0. The lowest BCUT2D eigenvalue weighted by Gasteiger charge is -2.09. The molecule has 0 rings (SSSR count). The Morgan fingerprint density at radius 1 is 1.38 bits per heavy atom. The van der Waals surface area contributed by atoms with Gasteiger partial charge in [0, 0.05) is 12.3 Å². The van der Waals surface area contributed by atoms with Crippen molar-refractivity contribution in [1.29, 1.82) is 0 Å². The number of hydrogen-bond acceptors (Lipinski definition) is 4. The average molecular weight is 188 g/mol. The van der Waals surface area contributed by atoms with Gasteiger partial charge in [-0.15, -0.1) is 0 Å². The van der Waals surface area contributed by atoms with Crippen LogP contribution >= 0.6 is 0 Å². The predicted octanol–water partition coefficient (Wildman–Crippen LogP) is 0.526. The van der Waals surface area contributed by atoms with Gasteiger partial charge >= 0.3 is 5.97 Å². The minimum atomic E-state index is -1.31. The SMILES string of the molecule is CCOC(=O)C(O)CC(=O)C(C)C. The largest absolute Gasteiger partial charge is 0.464 e. The molecule has 0 heterocycles. The van der Waals surface area contributed by atoms with Crippen molar-refractivity contribution in [1.82, 2.24) is 0 Å². The highest BCUT2D eigenvalue weighted by molar-refractivity contribution is 5.86. The van der Waals surface area contributed by atoms with E-state index < -0.39 is 12.1 Å². The van der Waals surface area contributed by atoms with Gasteiger partial charge in [0.1, 0.15) is 5.78 Å². The number of rotatable bonds is 5. The zero-order valence-corrected chi connectivity index (χ0v) is 8.24. The first-order valence-electron chi connectivity index (χ1n) is 4.36. The Morgan fingerprint density at radius 2 is 1.92 bits per heavy atom. The molecule has 0 aromatic carbocycles. The molecule has 0 saturated carbocycles. The Kier molecular flexibility index (Phi) is 5.30. The Bertz CT molecular complexity index is 186. The van der Waals surface area contributed by atoms with Gasteiger partial charge in [-0.05, 0) is 6.92 Å². The predicted molar refractivity (Wildman–Crippen MR) is 47.1 cm³/mol. The van der Waals surface area contributed by atoms with Crippen LogP contribution in [0.5, 0.6) is 0 Å². The molecule has 13 heavy (non-hydrogen) atoms. The lowest BCUT2D eigenvalue weighted by Crippen LogP contribution is -2.27. The van der Waals surface area contributed by atoms with Gasteiger partial charge in [0.2, 0.25) is 0 Å². The van der Waals surface area contributed by atoms with Crippen molar-refractivity contribution in [3.63, 3.8) is 0 Å². The molecule has 0 saturated heterocycles. The van der Waals surface area contributed by atoms with Crippen LogP contribution in [0.15, 0.2) is 0 Å². The second-order valence-corrected chi connectivity index (χ2v) is 3.09. The molecule has 1 unspecified atom stereocenters. The number of carbonyl (C=O) groups is 2. The van der Waals surface area contributed by atoms with Crippen molar-refractivity contribution >= 4 is 11.8 Å². The third-order valence-corrected chi connectivity index (χ3v) is 1.60. The summed E-state index contributed by atoms with van der Waals surface area (Å²) in [6, 6.07) is 0. The number of esters is 1. The van der Waals surface area contributed by atoms with Gasteiger partial charge in [-0.3, -0.25) is 4.79 Å². The highest BCUT2D eigenvalue weighted by atomic mass is 16.5. The van der Waals surface area contributed by atoms with E-state index in [1.807, 2.05) is 0 Å². The van der Waals surface area contributed by atoms with Crippen molar-refractivity contribution in [2.45, 2.75) is 33.3 Å². The van der Waals surface area contributed by atoms with E-state index in [0.29, 0.717) is 0 Å². The van der Waals surface area contributed by atoms with Crippen LogP contribution in [0.4, 0.5) is 0 Å². The van der Waals surface area contributed by atoms with E-state index in [2.05, 4.69) is 4.74 Å². The average Bonchev–Trinajstić information content (AvgIpc) is 2.04. The molecule has 0 radical (unpaired) electrons. The molecule has 0 fully saturated rings. The molecular weight excluding hydrogens is 172 g/mol. The van der Waals surface area contributed by atoms with Gasteiger partial charge < -0.3 is 9.84 Å². The summed E-state index contributed by atoms with van der Waals surface area (Å²) in [6.07, 6.45) is -1.47. The second kappa shape index (κ2) is 5.70. The molecule has 0 spiro atoms. The third kappa shape index (κ3) is 4.62. The van der Waals surface area contributed by atoms with Crippen LogP contribution in [0.25, 0.3) is 0 Å². The number of aliphatic hydroxyl groups excluding tert-OH is 1. The molecule has 76 valence electrons. The summed E-state index contributed by atoms with van der Waals surface area (Å²) in [5.41, 5.74) is 0. The maximum atomic E-state index is 11.1. The van der Waals surface area contributed by atoms with E-state index in [1.54, 1.807) is 20.8 Å². The van der Waals surface area contributed by atoms with E-state index in [4.69, 9.17) is 0 Å². The first-order chi connectivity index (χ1) is 5.99.